The molecular weight excluding hydrogens is 266 g/mol. The van der Waals surface area contributed by atoms with Crippen LogP contribution >= 0.6 is 0 Å². The van der Waals surface area contributed by atoms with Gasteiger partial charge in [-0.3, -0.25) is 4.90 Å². The number of hydrogen-bond donors (Lipinski definition) is 0. The van der Waals surface area contributed by atoms with E-state index < -0.39 is 0 Å². The summed E-state index contributed by atoms with van der Waals surface area (Å²) in [5.41, 5.74) is 2.39. The molecule has 5 heteroatoms. The Morgan fingerprint density at radius 3 is 2.81 bits per heavy atom. The normalized spacial score (nSPS) is 20.6. The molecule has 0 aliphatic carbocycles. The predicted molar refractivity (Wildman–Crippen MR) is 78.0 cm³/mol. The molecule has 5 nitrogen and oxygen atoms in total. The third kappa shape index (κ3) is 2.63. The largest absolute Gasteiger partial charge is 0.381 e. The van der Waals surface area contributed by atoms with Crippen LogP contribution in [0.25, 0.3) is 0 Å². The zero-order valence-electron chi connectivity index (χ0n) is 12.2. The summed E-state index contributed by atoms with van der Waals surface area (Å²) in [6, 6.07) is 4.74. The summed E-state index contributed by atoms with van der Waals surface area (Å²) in [5.74, 6) is 1.08. The minimum Gasteiger partial charge on any atom is -0.381 e. The molecule has 0 saturated carbocycles. The lowest BCUT2D eigenvalue weighted by Gasteiger charge is -2.36. The second-order valence-corrected chi connectivity index (χ2v) is 5.95. The van der Waals surface area contributed by atoms with E-state index in [4.69, 9.17) is 9.26 Å². The molecule has 0 bridgehead atoms. The molecule has 0 aromatic carbocycles. The van der Waals surface area contributed by atoms with Crippen molar-refractivity contribution in [2.24, 2.45) is 0 Å². The van der Waals surface area contributed by atoms with E-state index in [9.17, 15) is 0 Å². The van der Waals surface area contributed by atoms with Crippen LogP contribution in [0.4, 0.5) is 0 Å². The van der Waals surface area contributed by atoms with E-state index in [1.165, 1.54) is 5.56 Å². The number of ether oxygens (including phenoxy) is 1. The Morgan fingerprint density at radius 1 is 1.19 bits per heavy atom. The van der Waals surface area contributed by atoms with E-state index >= 15 is 0 Å². The van der Waals surface area contributed by atoms with Gasteiger partial charge in [-0.05, 0) is 25.0 Å². The lowest BCUT2D eigenvalue weighted by atomic mass is 10.0. The topological polar surface area (TPSA) is 43.4 Å². The van der Waals surface area contributed by atoms with Gasteiger partial charge in [0.2, 0.25) is 0 Å². The first-order valence-corrected chi connectivity index (χ1v) is 7.79. The molecule has 4 rings (SSSR count). The van der Waals surface area contributed by atoms with Crippen molar-refractivity contribution in [2.45, 2.75) is 38.4 Å². The first kappa shape index (κ1) is 13.1. The molecule has 0 unspecified atom stereocenters. The van der Waals surface area contributed by atoms with E-state index in [0.29, 0.717) is 6.04 Å². The minimum absolute atomic E-state index is 0.654. The SMILES string of the molecule is c1ccn(Cc2noc3c2CN(C2CCOCC2)CC3)c1. The zero-order valence-corrected chi connectivity index (χ0v) is 12.2. The smallest absolute Gasteiger partial charge is 0.142 e. The van der Waals surface area contributed by atoms with Gasteiger partial charge < -0.3 is 13.8 Å². The van der Waals surface area contributed by atoms with Gasteiger partial charge in [0.05, 0.1) is 6.54 Å². The van der Waals surface area contributed by atoms with Gasteiger partial charge in [0.15, 0.2) is 0 Å². The van der Waals surface area contributed by atoms with E-state index in [-0.39, 0.29) is 0 Å². The highest BCUT2D eigenvalue weighted by molar-refractivity contribution is 5.26. The molecule has 1 saturated heterocycles. The first-order chi connectivity index (χ1) is 10.4. The predicted octanol–water partition coefficient (Wildman–Crippen LogP) is 2.06. The van der Waals surface area contributed by atoms with Gasteiger partial charge >= 0.3 is 0 Å². The number of rotatable bonds is 3. The van der Waals surface area contributed by atoms with Crippen molar-refractivity contribution in [3.05, 3.63) is 41.5 Å². The highest BCUT2D eigenvalue weighted by Crippen LogP contribution is 2.27. The van der Waals surface area contributed by atoms with E-state index in [1.54, 1.807) is 0 Å². The van der Waals surface area contributed by atoms with Crippen LogP contribution in [0.3, 0.4) is 0 Å². The first-order valence-electron chi connectivity index (χ1n) is 7.79. The summed E-state index contributed by atoms with van der Waals surface area (Å²) in [4.78, 5) is 2.58. The number of nitrogens with zero attached hydrogens (tertiary/aromatic N) is 3. The molecule has 0 N–H and O–H groups in total. The van der Waals surface area contributed by atoms with Gasteiger partial charge in [0, 0.05) is 56.7 Å². The van der Waals surface area contributed by atoms with Crippen molar-refractivity contribution in [2.75, 3.05) is 19.8 Å². The molecule has 0 atom stereocenters. The summed E-state index contributed by atoms with van der Waals surface area (Å²) in [7, 11) is 0. The van der Waals surface area contributed by atoms with Crippen LogP contribution in [0, 0.1) is 0 Å². The van der Waals surface area contributed by atoms with E-state index in [1.807, 2.05) is 12.1 Å². The zero-order chi connectivity index (χ0) is 14.1. The van der Waals surface area contributed by atoms with Gasteiger partial charge in [-0.15, -0.1) is 0 Å². The fourth-order valence-electron chi connectivity index (χ4n) is 3.42. The van der Waals surface area contributed by atoms with E-state index in [0.717, 1.165) is 63.6 Å². The summed E-state index contributed by atoms with van der Waals surface area (Å²) < 4.78 is 13.2. The monoisotopic (exact) mass is 287 g/mol. The van der Waals surface area contributed by atoms with Crippen molar-refractivity contribution in [3.8, 4) is 0 Å². The average molecular weight is 287 g/mol. The van der Waals surface area contributed by atoms with Gasteiger partial charge in [-0.1, -0.05) is 5.16 Å². The molecule has 21 heavy (non-hydrogen) atoms. The number of aromatic nitrogens is 2. The minimum atomic E-state index is 0.654. The van der Waals surface area contributed by atoms with Gasteiger partial charge in [-0.25, -0.2) is 0 Å². The molecule has 0 radical (unpaired) electrons. The fraction of sp³-hybridized carbons (Fsp3) is 0.562. The third-order valence-corrected chi connectivity index (χ3v) is 4.64. The van der Waals surface area contributed by atoms with Crippen molar-refractivity contribution in [3.63, 3.8) is 0 Å². The average Bonchev–Trinajstić information content (AvgIpc) is 3.19. The van der Waals surface area contributed by atoms with Crippen LogP contribution in [0.2, 0.25) is 0 Å². The molecule has 2 aromatic rings. The molecule has 112 valence electrons. The molecule has 2 aliphatic heterocycles. The van der Waals surface area contributed by atoms with Crippen molar-refractivity contribution in [1.82, 2.24) is 14.6 Å². The van der Waals surface area contributed by atoms with Crippen LogP contribution in [0.1, 0.15) is 29.9 Å². The highest BCUT2D eigenvalue weighted by Gasteiger charge is 2.29. The molecule has 2 aliphatic rings. The molecule has 0 amide bonds. The molecule has 2 aromatic heterocycles. The maximum absolute atomic E-state index is 5.56. The number of fused-ring (bicyclic) bond motifs is 1. The third-order valence-electron chi connectivity index (χ3n) is 4.64. The standard InChI is InChI=1S/C16H21N3O2/c1-2-7-18(6-1)12-15-14-11-19(8-3-16(14)21-17-15)13-4-9-20-10-5-13/h1-2,6-7,13H,3-5,8-12H2. The van der Waals surface area contributed by atoms with Crippen molar-refractivity contribution < 1.29 is 9.26 Å². The van der Waals surface area contributed by atoms with Crippen LogP contribution < -0.4 is 0 Å². The Labute approximate surface area is 124 Å². The van der Waals surface area contributed by atoms with Crippen molar-refractivity contribution >= 4 is 0 Å². The Kier molecular flexibility index (Phi) is 3.53. The van der Waals surface area contributed by atoms with Gasteiger partial charge in [-0.2, -0.15) is 0 Å². The van der Waals surface area contributed by atoms with Crippen molar-refractivity contribution in [1.29, 1.82) is 0 Å². The Bertz CT molecular complexity index is 585. The second kappa shape index (κ2) is 5.66. The summed E-state index contributed by atoms with van der Waals surface area (Å²) >= 11 is 0. The van der Waals surface area contributed by atoms with Crippen LogP contribution in [-0.2, 0) is 24.2 Å². The summed E-state index contributed by atoms with van der Waals surface area (Å²) in [6.07, 6.45) is 7.41. The molecule has 0 spiro atoms. The van der Waals surface area contributed by atoms with Crippen LogP contribution in [0.5, 0.6) is 0 Å². The maximum Gasteiger partial charge on any atom is 0.142 e. The maximum atomic E-state index is 5.56. The molecular formula is C16H21N3O2. The highest BCUT2D eigenvalue weighted by atomic mass is 16.5. The molecule has 1 fully saturated rings. The second-order valence-electron chi connectivity index (χ2n) is 5.95. The lowest BCUT2D eigenvalue weighted by Crippen LogP contribution is -2.42. The number of hydrogen-bond acceptors (Lipinski definition) is 4. The lowest BCUT2D eigenvalue weighted by molar-refractivity contribution is 0.0278. The van der Waals surface area contributed by atoms with Crippen LogP contribution in [-0.4, -0.2) is 40.4 Å². The van der Waals surface area contributed by atoms with Gasteiger partial charge in [0.25, 0.3) is 0 Å². The van der Waals surface area contributed by atoms with Crippen LogP contribution in [0.15, 0.2) is 29.0 Å². The Morgan fingerprint density at radius 2 is 2.00 bits per heavy atom. The Hall–Kier alpha value is -1.59. The Balaban J connectivity index is 1.52. The fourth-order valence-corrected chi connectivity index (χ4v) is 3.42. The summed E-state index contributed by atoms with van der Waals surface area (Å²) in [6.45, 7) is 4.64. The quantitative estimate of drug-likeness (QED) is 0.866. The summed E-state index contributed by atoms with van der Waals surface area (Å²) in [5, 5.41) is 4.31. The molecule has 4 heterocycles. The van der Waals surface area contributed by atoms with E-state index in [2.05, 4.69) is 27.0 Å². The van der Waals surface area contributed by atoms with Gasteiger partial charge in [0.1, 0.15) is 11.5 Å².